The van der Waals surface area contributed by atoms with Crippen LogP contribution in [0.2, 0.25) is 0 Å². The predicted octanol–water partition coefficient (Wildman–Crippen LogP) is 1.85. The number of aryl methyl sites for hydroxylation is 1. The molecule has 0 bridgehead atoms. The van der Waals surface area contributed by atoms with Crippen LogP contribution < -0.4 is 4.90 Å². The van der Waals surface area contributed by atoms with Crippen LogP contribution in [0.1, 0.15) is 36.8 Å². The lowest BCUT2D eigenvalue weighted by Crippen LogP contribution is -2.43. The van der Waals surface area contributed by atoms with Gasteiger partial charge in [0.1, 0.15) is 6.61 Å². The van der Waals surface area contributed by atoms with Crippen molar-refractivity contribution in [3.8, 4) is 11.8 Å². The lowest BCUT2D eigenvalue weighted by atomic mass is 9.91. The Bertz CT molecular complexity index is 590. The molecule has 1 saturated heterocycles. The molecule has 23 heavy (non-hydrogen) atoms. The van der Waals surface area contributed by atoms with E-state index in [1.54, 1.807) is 0 Å². The number of piperidine rings is 1. The Kier molecular flexibility index (Phi) is 5.22. The normalized spacial score (nSPS) is 24.7. The van der Waals surface area contributed by atoms with Crippen LogP contribution in [0.3, 0.4) is 0 Å². The first-order chi connectivity index (χ1) is 11.2. The van der Waals surface area contributed by atoms with E-state index in [1.807, 2.05) is 6.07 Å². The van der Waals surface area contributed by atoms with Crippen molar-refractivity contribution in [2.45, 2.75) is 50.9 Å². The minimum absolute atomic E-state index is 0.109. The van der Waals surface area contributed by atoms with Gasteiger partial charge in [-0.2, -0.15) is 0 Å². The summed E-state index contributed by atoms with van der Waals surface area (Å²) in [7, 11) is 0. The summed E-state index contributed by atoms with van der Waals surface area (Å²) in [5.74, 6) is 5.69. The molecule has 3 rings (SSSR count). The van der Waals surface area contributed by atoms with Crippen LogP contribution in [0, 0.1) is 18.8 Å². The van der Waals surface area contributed by atoms with Crippen LogP contribution in [-0.2, 0) is 4.74 Å². The molecule has 2 N–H and O–H groups in total. The van der Waals surface area contributed by atoms with Crippen LogP contribution in [0.5, 0.6) is 0 Å². The number of benzene rings is 1. The second-order valence-corrected chi connectivity index (χ2v) is 6.53. The maximum absolute atomic E-state index is 9.34. The molecule has 1 aliphatic carbocycles. The van der Waals surface area contributed by atoms with Crippen molar-refractivity contribution in [1.82, 2.24) is 0 Å². The number of hydrogen-bond acceptors (Lipinski definition) is 4. The Hall–Kier alpha value is -1.54. The zero-order chi connectivity index (χ0) is 16.2. The summed E-state index contributed by atoms with van der Waals surface area (Å²) in [6.07, 6.45) is 4.08. The fourth-order valence-electron chi connectivity index (χ4n) is 3.32. The number of hydrogen-bond donors (Lipinski definition) is 2. The first kappa shape index (κ1) is 16.3. The van der Waals surface area contributed by atoms with Gasteiger partial charge >= 0.3 is 0 Å². The van der Waals surface area contributed by atoms with E-state index in [1.165, 1.54) is 11.3 Å². The molecule has 0 unspecified atom stereocenters. The number of ether oxygens (including phenoxy) is 1. The largest absolute Gasteiger partial charge is 0.393 e. The molecule has 0 aromatic heterocycles. The molecule has 0 radical (unpaired) electrons. The molecule has 1 aliphatic heterocycles. The zero-order valence-electron chi connectivity index (χ0n) is 13.7. The van der Waals surface area contributed by atoms with Gasteiger partial charge in [-0.25, -0.2) is 0 Å². The minimum Gasteiger partial charge on any atom is -0.393 e. The Balaban J connectivity index is 1.58. The molecule has 1 saturated carbocycles. The Morgan fingerprint density at radius 1 is 1.22 bits per heavy atom. The molecule has 1 aromatic rings. The molecule has 124 valence electrons. The first-order valence-electron chi connectivity index (χ1n) is 8.44. The number of nitrogens with zero attached hydrogens (tertiary/aromatic N) is 1. The summed E-state index contributed by atoms with van der Waals surface area (Å²) in [6, 6.07) is 6.20. The molecule has 2 aliphatic rings. The molecule has 0 amide bonds. The quantitative estimate of drug-likeness (QED) is 0.836. The van der Waals surface area contributed by atoms with Gasteiger partial charge in [0.25, 0.3) is 0 Å². The van der Waals surface area contributed by atoms with Crippen molar-refractivity contribution in [3.05, 3.63) is 29.3 Å². The van der Waals surface area contributed by atoms with Gasteiger partial charge in [-0.3, -0.25) is 0 Å². The number of aliphatic hydroxyl groups excluding tert-OH is 2. The highest BCUT2D eigenvalue weighted by atomic mass is 16.5. The van der Waals surface area contributed by atoms with Gasteiger partial charge in [0.2, 0.25) is 0 Å². The molecular weight excluding hydrogens is 290 g/mol. The van der Waals surface area contributed by atoms with Crippen molar-refractivity contribution < 1.29 is 14.9 Å². The van der Waals surface area contributed by atoms with E-state index in [2.05, 4.69) is 35.8 Å². The van der Waals surface area contributed by atoms with Gasteiger partial charge in [-0.05, 0) is 50.3 Å². The van der Waals surface area contributed by atoms with E-state index in [4.69, 9.17) is 9.84 Å². The summed E-state index contributed by atoms with van der Waals surface area (Å²) in [6.45, 7) is 3.98. The van der Waals surface area contributed by atoms with Crippen molar-refractivity contribution in [2.24, 2.45) is 0 Å². The van der Waals surface area contributed by atoms with E-state index in [0.29, 0.717) is 6.10 Å². The van der Waals surface area contributed by atoms with Gasteiger partial charge in [0.05, 0.1) is 18.3 Å². The summed E-state index contributed by atoms with van der Waals surface area (Å²) in [5, 5.41) is 18.2. The second kappa shape index (κ2) is 7.35. The third-order valence-corrected chi connectivity index (χ3v) is 4.76. The highest BCUT2D eigenvalue weighted by Crippen LogP contribution is 2.29. The summed E-state index contributed by atoms with van der Waals surface area (Å²) < 4.78 is 6.05. The molecule has 0 spiro atoms. The lowest BCUT2D eigenvalue weighted by Gasteiger charge is -2.39. The highest BCUT2D eigenvalue weighted by molar-refractivity contribution is 5.58. The highest BCUT2D eigenvalue weighted by Gasteiger charge is 2.31. The van der Waals surface area contributed by atoms with Crippen molar-refractivity contribution in [3.63, 3.8) is 0 Å². The number of anilines is 1. The summed E-state index contributed by atoms with van der Waals surface area (Å²) >= 11 is 0. The summed E-state index contributed by atoms with van der Waals surface area (Å²) in [5.41, 5.74) is 3.43. The van der Waals surface area contributed by atoms with Gasteiger partial charge in [-0.15, -0.1) is 0 Å². The maximum Gasteiger partial charge on any atom is 0.104 e. The first-order valence-corrected chi connectivity index (χ1v) is 8.44. The van der Waals surface area contributed by atoms with Gasteiger partial charge in [-0.1, -0.05) is 17.9 Å². The smallest absolute Gasteiger partial charge is 0.104 e. The fourth-order valence-corrected chi connectivity index (χ4v) is 3.32. The Morgan fingerprint density at radius 3 is 2.61 bits per heavy atom. The van der Waals surface area contributed by atoms with Crippen LogP contribution in [0.15, 0.2) is 18.2 Å². The second-order valence-electron chi connectivity index (χ2n) is 6.53. The van der Waals surface area contributed by atoms with Crippen LogP contribution >= 0.6 is 0 Å². The number of aliphatic hydroxyl groups is 2. The molecule has 4 nitrogen and oxygen atoms in total. The molecule has 1 aromatic carbocycles. The Labute approximate surface area is 138 Å². The van der Waals surface area contributed by atoms with E-state index in [9.17, 15) is 5.11 Å². The SMILES string of the molecule is Cc1ccc(C#CCO)cc1N1CCC(OC2CC(O)C2)CC1. The van der Waals surface area contributed by atoms with Crippen LogP contribution in [-0.4, -0.2) is 48.2 Å². The third-order valence-electron chi connectivity index (χ3n) is 4.76. The molecule has 0 atom stereocenters. The van der Waals surface area contributed by atoms with E-state index < -0.39 is 0 Å². The van der Waals surface area contributed by atoms with E-state index >= 15 is 0 Å². The zero-order valence-corrected chi connectivity index (χ0v) is 13.7. The third kappa shape index (κ3) is 4.06. The fraction of sp³-hybridized carbons (Fsp3) is 0.579. The van der Waals surface area contributed by atoms with E-state index in [-0.39, 0.29) is 18.8 Å². The van der Waals surface area contributed by atoms with E-state index in [0.717, 1.165) is 44.3 Å². The number of rotatable bonds is 3. The molecule has 2 fully saturated rings. The summed E-state index contributed by atoms with van der Waals surface area (Å²) in [4.78, 5) is 2.40. The Morgan fingerprint density at radius 2 is 1.96 bits per heavy atom. The average Bonchev–Trinajstić information content (AvgIpc) is 2.53. The standard InChI is InChI=1S/C19H25NO3/c1-14-4-5-15(3-2-10-21)11-19(14)20-8-6-17(7-9-20)23-18-12-16(22)13-18/h4-5,11,16-18,21-22H,6-10,12-13H2,1H3. The molecule has 4 heteroatoms. The average molecular weight is 315 g/mol. The predicted molar refractivity (Wildman–Crippen MR) is 90.5 cm³/mol. The van der Waals surface area contributed by atoms with Crippen molar-refractivity contribution >= 4 is 5.69 Å². The maximum atomic E-state index is 9.34. The lowest BCUT2D eigenvalue weighted by molar-refractivity contribution is -0.108. The van der Waals surface area contributed by atoms with Gasteiger partial charge < -0.3 is 19.8 Å². The van der Waals surface area contributed by atoms with Crippen LogP contribution in [0.25, 0.3) is 0 Å². The molecular formula is C19H25NO3. The topological polar surface area (TPSA) is 52.9 Å². The monoisotopic (exact) mass is 315 g/mol. The van der Waals surface area contributed by atoms with Crippen LogP contribution in [0.4, 0.5) is 5.69 Å². The van der Waals surface area contributed by atoms with Gasteiger partial charge in [0.15, 0.2) is 0 Å². The van der Waals surface area contributed by atoms with Crippen molar-refractivity contribution in [1.29, 1.82) is 0 Å². The molecule has 1 heterocycles. The van der Waals surface area contributed by atoms with Gasteiger partial charge in [0, 0.05) is 24.3 Å². The van der Waals surface area contributed by atoms with Crippen molar-refractivity contribution in [2.75, 3.05) is 24.6 Å². The minimum atomic E-state index is -0.148.